The molecule has 0 radical (unpaired) electrons. The normalized spacial score (nSPS) is 19.1. The molecular formula is C18H17ClN2O4S. The van der Waals surface area contributed by atoms with E-state index in [1.54, 1.807) is 0 Å². The van der Waals surface area contributed by atoms with E-state index in [9.17, 15) is 13.2 Å². The Morgan fingerprint density at radius 2 is 2.04 bits per heavy atom. The highest BCUT2D eigenvalue weighted by molar-refractivity contribution is 7.89. The maximum atomic E-state index is 12.9. The number of hydrogen-bond acceptors (Lipinski definition) is 4. The fourth-order valence-electron chi connectivity index (χ4n) is 3.41. The first kappa shape index (κ1) is 17.3. The Kier molecular flexibility index (Phi) is 4.38. The molecule has 1 atom stereocenters. The van der Waals surface area contributed by atoms with E-state index in [1.165, 1.54) is 12.1 Å². The second-order valence-electron chi connectivity index (χ2n) is 6.38. The summed E-state index contributed by atoms with van der Waals surface area (Å²) < 4.78 is 34.0. The van der Waals surface area contributed by atoms with Gasteiger partial charge in [0.25, 0.3) is 5.91 Å². The number of ether oxygens (including phenoxy) is 1. The van der Waals surface area contributed by atoms with Gasteiger partial charge in [0.1, 0.15) is 10.6 Å². The van der Waals surface area contributed by atoms with Crippen LogP contribution in [0.25, 0.3) is 0 Å². The Balaban J connectivity index is 1.67. The van der Waals surface area contributed by atoms with Crippen molar-refractivity contribution >= 4 is 33.2 Å². The van der Waals surface area contributed by atoms with Crippen molar-refractivity contribution in [3.63, 3.8) is 0 Å². The third kappa shape index (κ3) is 3.18. The number of fused-ring (bicyclic) bond motifs is 2. The second kappa shape index (κ2) is 6.57. The van der Waals surface area contributed by atoms with Crippen molar-refractivity contribution in [3.05, 3.63) is 52.5 Å². The number of benzene rings is 2. The standard InChI is InChI=1S/C18H17ClN2O4S/c19-13-8-15-16(25-10-18(22)20-15)9-17(13)26(23,24)21-14-7-3-5-11-4-1-2-6-12(11)14/h1-2,4,6,8-9,14,21H,3,5,7,10H2,(H,20,22). The summed E-state index contributed by atoms with van der Waals surface area (Å²) in [7, 11) is -3.85. The van der Waals surface area contributed by atoms with Crippen LogP contribution in [0.2, 0.25) is 5.02 Å². The molecule has 2 N–H and O–H groups in total. The predicted octanol–water partition coefficient (Wildman–Crippen LogP) is 3.03. The minimum absolute atomic E-state index is 0.0335. The largest absolute Gasteiger partial charge is 0.482 e. The molecule has 4 rings (SSSR count). The maximum Gasteiger partial charge on any atom is 0.262 e. The molecule has 2 aliphatic rings. The number of sulfonamides is 1. The van der Waals surface area contributed by atoms with Crippen molar-refractivity contribution in [2.75, 3.05) is 11.9 Å². The van der Waals surface area contributed by atoms with Crippen LogP contribution < -0.4 is 14.8 Å². The lowest BCUT2D eigenvalue weighted by Crippen LogP contribution is -2.31. The number of amides is 1. The van der Waals surface area contributed by atoms with E-state index in [4.69, 9.17) is 16.3 Å². The molecule has 2 aromatic carbocycles. The van der Waals surface area contributed by atoms with E-state index in [1.807, 2.05) is 24.3 Å². The lowest BCUT2D eigenvalue weighted by atomic mass is 9.88. The first-order valence-corrected chi connectivity index (χ1v) is 10.2. The van der Waals surface area contributed by atoms with E-state index in [2.05, 4.69) is 10.0 Å². The summed E-state index contributed by atoms with van der Waals surface area (Å²) in [6.45, 7) is -0.155. The van der Waals surface area contributed by atoms with Crippen LogP contribution in [0.15, 0.2) is 41.3 Å². The summed E-state index contributed by atoms with van der Waals surface area (Å²) in [4.78, 5) is 11.3. The quantitative estimate of drug-likeness (QED) is 0.840. The SMILES string of the molecule is O=C1COc2cc(S(=O)(=O)NC3CCCc4ccccc43)c(Cl)cc2N1. The van der Waals surface area contributed by atoms with E-state index in [-0.39, 0.29) is 28.5 Å². The molecular weight excluding hydrogens is 376 g/mol. The molecule has 0 fully saturated rings. The lowest BCUT2D eigenvalue weighted by Gasteiger charge is -2.26. The van der Waals surface area contributed by atoms with Gasteiger partial charge < -0.3 is 10.1 Å². The van der Waals surface area contributed by atoms with Crippen molar-refractivity contribution in [2.24, 2.45) is 0 Å². The summed E-state index contributed by atoms with van der Waals surface area (Å²) in [6, 6.07) is 10.3. The third-order valence-corrected chi connectivity index (χ3v) is 6.56. The predicted molar refractivity (Wildman–Crippen MR) is 98.0 cm³/mol. The van der Waals surface area contributed by atoms with E-state index < -0.39 is 10.0 Å². The number of aryl methyl sites for hydroxylation is 1. The van der Waals surface area contributed by atoms with Gasteiger partial charge in [-0.25, -0.2) is 13.1 Å². The maximum absolute atomic E-state index is 12.9. The molecule has 0 saturated heterocycles. The number of halogens is 1. The Bertz CT molecular complexity index is 991. The fourth-order valence-corrected chi connectivity index (χ4v) is 5.21. The third-order valence-electron chi connectivity index (χ3n) is 4.62. The van der Waals surface area contributed by atoms with Gasteiger partial charge in [0.05, 0.1) is 10.7 Å². The van der Waals surface area contributed by atoms with Crippen LogP contribution in [-0.2, 0) is 21.2 Å². The summed E-state index contributed by atoms with van der Waals surface area (Å²) in [5, 5.41) is 2.64. The lowest BCUT2D eigenvalue weighted by molar-refractivity contribution is -0.118. The van der Waals surface area contributed by atoms with Crippen molar-refractivity contribution < 1.29 is 17.9 Å². The molecule has 136 valence electrons. The van der Waals surface area contributed by atoms with Crippen molar-refractivity contribution in [1.29, 1.82) is 0 Å². The number of nitrogens with one attached hydrogen (secondary N) is 2. The minimum atomic E-state index is -3.85. The summed E-state index contributed by atoms with van der Waals surface area (Å²) in [5.41, 5.74) is 2.53. The van der Waals surface area contributed by atoms with Crippen molar-refractivity contribution in [1.82, 2.24) is 4.72 Å². The molecule has 1 amide bonds. The molecule has 1 aliphatic heterocycles. The van der Waals surface area contributed by atoms with Crippen LogP contribution in [0.4, 0.5) is 5.69 Å². The molecule has 2 aromatic rings. The average Bonchev–Trinajstić information content (AvgIpc) is 2.61. The summed E-state index contributed by atoms with van der Waals surface area (Å²) >= 11 is 6.19. The minimum Gasteiger partial charge on any atom is -0.482 e. The highest BCUT2D eigenvalue weighted by Gasteiger charge is 2.29. The highest BCUT2D eigenvalue weighted by Crippen LogP contribution is 2.37. The van der Waals surface area contributed by atoms with Gasteiger partial charge in [0, 0.05) is 12.1 Å². The smallest absolute Gasteiger partial charge is 0.262 e. The molecule has 26 heavy (non-hydrogen) atoms. The molecule has 0 aromatic heterocycles. The average molecular weight is 393 g/mol. The number of anilines is 1. The summed E-state index contributed by atoms with van der Waals surface area (Å²) in [6.07, 6.45) is 2.59. The zero-order valence-corrected chi connectivity index (χ0v) is 15.4. The Morgan fingerprint density at radius 3 is 2.88 bits per heavy atom. The number of hydrogen-bond donors (Lipinski definition) is 2. The molecule has 0 saturated carbocycles. The zero-order chi connectivity index (χ0) is 18.3. The van der Waals surface area contributed by atoms with Gasteiger partial charge >= 0.3 is 0 Å². The Hall–Kier alpha value is -2.09. The zero-order valence-electron chi connectivity index (χ0n) is 13.8. The van der Waals surface area contributed by atoms with Gasteiger partial charge in [0.15, 0.2) is 6.61 Å². The number of carbonyl (C=O) groups is 1. The van der Waals surface area contributed by atoms with Gasteiger partial charge in [-0.2, -0.15) is 0 Å². The molecule has 1 unspecified atom stereocenters. The molecule has 6 nitrogen and oxygen atoms in total. The van der Waals surface area contributed by atoms with Crippen molar-refractivity contribution in [3.8, 4) is 5.75 Å². The molecule has 0 spiro atoms. The van der Waals surface area contributed by atoms with Crippen LogP contribution in [0.5, 0.6) is 5.75 Å². The van der Waals surface area contributed by atoms with Crippen LogP contribution in [-0.4, -0.2) is 20.9 Å². The molecule has 1 heterocycles. The topological polar surface area (TPSA) is 84.5 Å². The Morgan fingerprint density at radius 1 is 1.23 bits per heavy atom. The molecule has 1 aliphatic carbocycles. The first-order chi connectivity index (χ1) is 12.4. The number of rotatable bonds is 3. The number of carbonyl (C=O) groups excluding carboxylic acids is 1. The van der Waals surface area contributed by atoms with E-state index in [0.29, 0.717) is 11.4 Å². The van der Waals surface area contributed by atoms with Gasteiger partial charge in [-0.1, -0.05) is 35.9 Å². The van der Waals surface area contributed by atoms with Gasteiger partial charge in [-0.05, 0) is 36.5 Å². The Labute approximate surface area is 156 Å². The van der Waals surface area contributed by atoms with Crippen LogP contribution in [0, 0.1) is 0 Å². The first-order valence-electron chi connectivity index (χ1n) is 8.30. The van der Waals surface area contributed by atoms with Crippen LogP contribution in [0.3, 0.4) is 0 Å². The summed E-state index contributed by atoms with van der Waals surface area (Å²) in [5.74, 6) is -0.0143. The van der Waals surface area contributed by atoms with Crippen LogP contribution in [0.1, 0.15) is 30.0 Å². The van der Waals surface area contributed by atoms with Gasteiger partial charge in [-0.15, -0.1) is 0 Å². The molecule has 0 bridgehead atoms. The molecule has 8 heteroatoms. The van der Waals surface area contributed by atoms with E-state index in [0.717, 1.165) is 30.4 Å². The second-order valence-corrected chi connectivity index (χ2v) is 8.47. The van der Waals surface area contributed by atoms with Gasteiger partial charge in [-0.3, -0.25) is 4.79 Å². The van der Waals surface area contributed by atoms with Gasteiger partial charge in [0.2, 0.25) is 10.0 Å². The monoisotopic (exact) mass is 392 g/mol. The van der Waals surface area contributed by atoms with Crippen molar-refractivity contribution in [2.45, 2.75) is 30.2 Å². The highest BCUT2D eigenvalue weighted by atomic mass is 35.5. The fraction of sp³-hybridized carbons (Fsp3) is 0.278. The van der Waals surface area contributed by atoms with Crippen LogP contribution >= 0.6 is 11.6 Å². The van der Waals surface area contributed by atoms with E-state index >= 15 is 0 Å².